The number of aromatic nitrogens is 1. The van der Waals surface area contributed by atoms with Crippen LogP contribution in [0.2, 0.25) is 0 Å². The van der Waals surface area contributed by atoms with Gasteiger partial charge in [0.1, 0.15) is 0 Å². The van der Waals surface area contributed by atoms with Gasteiger partial charge in [0, 0.05) is 6.20 Å². The fraction of sp³-hybridized carbons (Fsp3) is 0.143. The van der Waals surface area contributed by atoms with Gasteiger partial charge < -0.3 is 5.11 Å². The number of nitrogens with zero attached hydrogens (tertiary/aromatic N) is 1. The van der Waals surface area contributed by atoms with Gasteiger partial charge in [-0.2, -0.15) is 0 Å². The van der Waals surface area contributed by atoms with Crippen molar-refractivity contribution in [3.63, 3.8) is 0 Å². The summed E-state index contributed by atoms with van der Waals surface area (Å²) in [5, 5.41) is 9.04. The summed E-state index contributed by atoms with van der Waals surface area (Å²) in [4.78, 5) is 14.9. The monoisotopic (exact) mass is 306 g/mol. The second-order valence-corrected chi connectivity index (χ2v) is 6.01. The summed E-state index contributed by atoms with van der Waals surface area (Å²) in [6.45, 7) is 1.97. The van der Waals surface area contributed by atoms with E-state index >= 15 is 0 Å². The molecule has 0 fully saturated rings. The number of aryl methyl sites for hydroxylation is 1. The number of carboxylic acids is 1. The zero-order valence-electron chi connectivity index (χ0n) is 11.3. The van der Waals surface area contributed by atoms with Gasteiger partial charge in [0.2, 0.25) is 0 Å². The number of pyridine rings is 1. The third kappa shape index (κ3) is 3.38. The van der Waals surface area contributed by atoms with Crippen LogP contribution < -0.4 is 4.72 Å². The number of nitrogens with one attached hydrogen (secondary N) is 1. The van der Waals surface area contributed by atoms with Crippen molar-refractivity contribution in [2.45, 2.75) is 18.2 Å². The number of hydrogen-bond donors (Lipinski definition) is 2. The minimum absolute atomic E-state index is 0.0652. The molecule has 0 amide bonds. The van der Waals surface area contributed by atoms with Gasteiger partial charge in [-0.05, 0) is 30.2 Å². The van der Waals surface area contributed by atoms with Gasteiger partial charge in [0.05, 0.1) is 22.3 Å². The molecule has 0 saturated heterocycles. The van der Waals surface area contributed by atoms with E-state index in [1.165, 1.54) is 30.6 Å². The number of aromatic carboxylic acids is 1. The van der Waals surface area contributed by atoms with Crippen LogP contribution >= 0.6 is 0 Å². The second kappa shape index (κ2) is 5.92. The molecule has 6 nitrogen and oxygen atoms in total. The maximum atomic E-state index is 12.2. The van der Waals surface area contributed by atoms with E-state index in [9.17, 15) is 13.2 Å². The van der Waals surface area contributed by atoms with E-state index in [2.05, 4.69) is 9.71 Å². The third-order valence-electron chi connectivity index (χ3n) is 2.94. The van der Waals surface area contributed by atoms with E-state index in [1.54, 1.807) is 12.1 Å². The molecule has 0 aliphatic rings. The van der Waals surface area contributed by atoms with Crippen LogP contribution in [0.25, 0.3) is 0 Å². The van der Waals surface area contributed by atoms with Crippen LogP contribution in [-0.4, -0.2) is 24.5 Å². The van der Waals surface area contributed by atoms with Gasteiger partial charge in [0.15, 0.2) is 0 Å². The molecule has 0 aliphatic heterocycles. The molecule has 0 atom stereocenters. The van der Waals surface area contributed by atoms with Gasteiger partial charge in [-0.1, -0.05) is 19.1 Å². The first-order chi connectivity index (χ1) is 9.94. The van der Waals surface area contributed by atoms with E-state index < -0.39 is 16.0 Å². The van der Waals surface area contributed by atoms with Crippen molar-refractivity contribution >= 4 is 21.7 Å². The highest BCUT2D eigenvalue weighted by Gasteiger charge is 2.18. The predicted molar refractivity (Wildman–Crippen MR) is 77.8 cm³/mol. The topological polar surface area (TPSA) is 96.4 Å². The summed E-state index contributed by atoms with van der Waals surface area (Å²) in [6, 6.07) is 7.64. The smallest absolute Gasteiger partial charge is 0.337 e. The molecule has 110 valence electrons. The molecule has 0 radical (unpaired) electrons. The minimum atomic E-state index is -3.85. The summed E-state index contributed by atoms with van der Waals surface area (Å²) in [7, 11) is -3.85. The standard InChI is InChI=1S/C14H14N2O4S/c1-2-10-3-5-11(6-4-10)21(19,20)16-13-9-15-8-7-12(13)14(17)18/h3-9,16H,2H2,1H3,(H,17,18). The average Bonchev–Trinajstić information content (AvgIpc) is 2.47. The Morgan fingerprint density at radius 3 is 2.48 bits per heavy atom. The Bertz CT molecular complexity index is 755. The van der Waals surface area contributed by atoms with E-state index in [0.717, 1.165) is 12.0 Å². The Hall–Kier alpha value is -2.41. The van der Waals surface area contributed by atoms with Crippen LogP contribution in [0.5, 0.6) is 0 Å². The maximum Gasteiger partial charge on any atom is 0.337 e. The van der Waals surface area contributed by atoms with E-state index in [0.29, 0.717) is 0 Å². The van der Waals surface area contributed by atoms with Crippen molar-refractivity contribution in [1.29, 1.82) is 0 Å². The Morgan fingerprint density at radius 2 is 1.90 bits per heavy atom. The molecule has 21 heavy (non-hydrogen) atoms. The fourth-order valence-electron chi connectivity index (χ4n) is 1.77. The van der Waals surface area contributed by atoms with Crippen molar-refractivity contribution in [1.82, 2.24) is 4.98 Å². The summed E-state index contributed by atoms with van der Waals surface area (Å²) in [6.07, 6.45) is 3.26. The lowest BCUT2D eigenvalue weighted by molar-refractivity contribution is 0.0698. The third-order valence-corrected chi connectivity index (χ3v) is 4.32. The van der Waals surface area contributed by atoms with Crippen molar-refractivity contribution < 1.29 is 18.3 Å². The van der Waals surface area contributed by atoms with Crippen LogP contribution in [0.3, 0.4) is 0 Å². The molecule has 0 saturated carbocycles. The van der Waals surface area contributed by atoms with Gasteiger partial charge in [0.25, 0.3) is 10.0 Å². The van der Waals surface area contributed by atoms with E-state index in [1.807, 2.05) is 6.92 Å². The molecule has 0 spiro atoms. The first-order valence-corrected chi connectivity index (χ1v) is 7.71. The zero-order chi connectivity index (χ0) is 15.5. The van der Waals surface area contributed by atoms with Crippen molar-refractivity contribution in [3.05, 3.63) is 53.9 Å². The quantitative estimate of drug-likeness (QED) is 0.882. The van der Waals surface area contributed by atoms with Crippen molar-refractivity contribution in [2.75, 3.05) is 4.72 Å². The second-order valence-electron chi connectivity index (χ2n) is 4.33. The van der Waals surface area contributed by atoms with Gasteiger partial charge in [-0.15, -0.1) is 0 Å². The molecule has 1 aromatic carbocycles. The first kappa shape index (κ1) is 15.0. The molecule has 0 aliphatic carbocycles. The highest BCUT2D eigenvalue weighted by Crippen LogP contribution is 2.19. The average molecular weight is 306 g/mol. The highest BCUT2D eigenvalue weighted by molar-refractivity contribution is 7.92. The number of carbonyl (C=O) groups is 1. The first-order valence-electron chi connectivity index (χ1n) is 6.23. The van der Waals surface area contributed by atoms with Crippen molar-refractivity contribution in [2.24, 2.45) is 0 Å². The van der Waals surface area contributed by atoms with Crippen LogP contribution in [0, 0.1) is 0 Å². The molecule has 1 heterocycles. The Morgan fingerprint density at radius 1 is 1.24 bits per heavy atom. The highest BCUT2D eigenvalue weighted by atomic mass is 32.2. The molecule has 0 bridgehead atoms. The van der Waals surface area contributed by atoms with Crippen LogP contribution in [0.15, 0.2) is 47.6 Å². The normalized spacial score (nSPS) is 11.1. The molecule has 2 aromatic rings. The molecule has 0 unspecified atom stereocenters. The maximum absolute atomic E-state index is 12.2. The summed E-state index contributed by atoms with van der Waals surface area (Å²) in [5.41, 5.74) is 0.796. The number of hydrogen-bond acceptors (Lipinski definition) is 4. The molecule has 1 aromatic heterocycles. The van der Waals surface area contributed by atoms with Crippen molar-refractivity contribution in [3.8, 4) is 0 Å². The SMILES string of the molecule is CCc1ccc(S(=O)(=O)Nc2cnccc2C(=O)O)cc1. The number of carboxylic acid groups (broad SMARTS) is 1. The number of benzene rings is 1. The number of sulfonamides is 1. The number of rotatable bonds is 5. The summed E-state index contributed by atoms with van der Waals surface area (Å²) < 4.78 is 26.7. The summed E-state index contributed by atoms with van der Waals surface area (Å²) in [5.74, 6) is -1.23. The number of anilines is 1. The molecular formula is C14H14N2O4S. The zero-order valence-corrected chi connectivity index (χ0v) is 12.1. The van der Waals surface area contributed by atoms with Gasteiger partial charge in [-0.25, -0.2) is 13.2 Å². The van der Waals surface area contributed by atoms with Crippen LogP contribution in [-0.2, 0) is 16.4 Å². The Kier molecular flexibility index (Phi) is 4.23. The van der Waals surface area contributed by atoms with Crippen LogP contribution in [0.4, 0.5) is 5.69 Å². The fourth-order valence-corrected chi connectivity index (χ4v) is 2.83. The lowest BCUT2D eigenvalue weighted by Crippen LogP contribution is -2.15. The largest absolute Gasteiger partial charge is 0.478 e. The molecule has 7 heteroatoms. The molecule has 2 rings (SSSR count). The molecular weight excluding hydrogens is 292 g/mol. The van der Waals surface area contributed by atoms with E-state index in [4.69, 9.17) is 5.11 Å². The Balaban J connectivity index is 2.35. The minimum Gasteiger partial charge on any atom is -0.478 e. The predicted octanol–water partition coefficient (Wildman–Crippen LogP) is 2.14. The molecule has 2 N–H and O–H groups in total. The lowest BCUT2D eigenvalue weighted by atomic mass is 10.2. The van der Waals surface area contributed by atoms with Gasteiger partial charge >= 0.3 is 5.97 Å². The van der Waals surface area contributed by atoms with Crippen LogP contribution in [0.1, 0.15) is 22.8 Å². The van der Waals surface area contributed by atoms with E-state index in [-0.39, 0.29) is 16.1 Å². The lowest BCUT2D eigenvalue weighted by Gasteiger charge is -2.10. The van der Waals surface area contributed by atoms with Gasteiger partial charge in [-0.3, -0.25) is 9.71 Å². The Labute approximate surface area is 122 Å². The summed E-state index contributed by atoms with van der Waals surface area (Å²) >= 11 is 0.